The molecule has 2 aromatic heterocycles. The topological polar surface area (TPSA) is 38.1 Å². The highest BCUT2D eigenvalue weighted by Gasteiger charge is 2.23. The summed E-state index contributed by atoms with van der Waals surface area (Å²) in [5.41, 5.74) is 2.32. The maximum atomic E-state index is 12.2. The van der Waals surface area contributed by atoms with E-state index in [1.807, 2.05) is 28.9 Å². The van der Waals surface area contributed by atoms with Gasteiger partial charge in [-0.05, 0) is 17.9 Å². The van der Waals surface area contributed by atoms with Crippen molar-refractivity contribution in [2.24, 2.45) is 7.05 Å². The van der Waals surface area contributed by atoms with Crippen molar-refractivity contribution in [1.82, 2.24) is 14.5 Å². The van der Waals surface area contributed by atoms with Crippen molar-refractivity contribution in [2.45, 2.75) is 25.8 Å². The molecule has 19 heavy (non-hydrogen) atoms. The Morgan fingerprint density at radius 2 is 2.42 bits per heavy atom. The smallest absolute Gasteiger partial charge is 0.223 e. The highest BCUT2D eigenvalue weighted by Crippen LogP contribution is 2.18. The van der Waals surface area contributed by atoms with Gasteiger partial charge in [0.1, 0.15) is 0 Å². The molecule has 5 heteroatoms. The van der Waals surface area contributed by atoms with Crippen LogP contribution in [0.25, 0.3) is 0 Å². The Balaban J connectivity index is 1.61. The van der Waals surface area contributed by atoms with Gasteiger partial charge in [0.15, 0.2) is 0 Å². The van der Waals surface area contributed by atoms with Gasteiger partial charge in [-0.25, -0.2) is 4.98 Å². The first kappa shape index (κ1) is 12.4. The molecule has 0 aliphatic carbocycles. The number of carbonyl (C=O) groups excluding carboxylic acids is 1. The summed E-state index contributed by atoms with van der Waals surface area (Å²) < 4.78 is 2.02. The molecule has 4 nitrogen and oxygen atoms in total. The van der Waals surface area contributed by atoms with Crippen molar-refractivity contribution in [3.8, 4) is 0 Å². The molecule has 3 rings (SSSR count). The number of rotatable bonds is 3. The molecular formula is C14H17N3OS. The summed E-state index contributed by atoms with van der Waals surface area (Å²) >= 11 is 1.72. The van der Waals surface area contributed by atoms with Crippen molar-refractivity contribution >= 4 is 17.2 Å². The minimum Gasteiger partial charge on any atom is -0.336 e. The molecule has 2 aromatic rings. The number of aromatic nitrogens is 2. The van der Waals surface area contributed by atoms with Crippen molar-refractivity contribution < 1.29 is 4.79 Å². The molecule has 0 fully saturated rings. The van der Waals surface area contributed by atoms with Crippen LogP contribution in [-0.2, 0) is 31.2 Å². The predicted molar refractivity (Wildman–Crippen MR) is 75.0 cm³/mol. The molecule has 3 heterocycles. The predicted octanol–water partition coefficient (Wildman–Crippen LogP) is 2.00. The van der Waals surface area contributed by atoms with Crippen molar-refractivity contribution in [2.75, 3.05) is 6.54 Å². The standard InChI is InChI=1S/C14H17N3OS/c1-16-10-15-12-6-7-17(9-13(12)16)14(18)5-4-11-3-2-8-19-11/h2-3,8,10H,4-7,9H2,1H3. The van der Waals surface area contributed by atoms with Crippen LogP contribution in [0.2, 0.25) is 0 Å². The number of aryl methyl sites for hydroxylation is 2. The maximum Gasteiger partial charge on any atom is 0.223 e. The van der Waals surface area contributed by atoms with Gasteiger partial charge in [0.25, 0.3) is 0 Å². The van der Waals surface area contributed by atoms with E-state index in [4.69, 9.17) is 0 Å². The van der Waals surface area contributed by atoms with Crippen molar-refractivity contribution in [1.29, 1.82) is 0 Å². The van der Waals surface area contributed by atoms with Crippen LogP contribution in [0, 0.1) is 0 Å². The normalized spacial score (nSPS) is 14.5. The number of imidazole rings is 1. The molecule has 1 aliphatic rings. The lowest BCUT2D eigenvalue weighted by Crippen LogP contribution is -2.36. The summed E-state index contributed by atoms with van der Waals surface area (Å²) in [5, 5.41) is 2.06. The van der Waals surface area contributed by atoms with Crippen molar-refractivity contribution in [3.05, 3.63) is 40.1 Å². The number of carbonyl (C=O) groups is 1. The first-order valence-electron chi connectivity index (χ1n) is 6.53. The molecule has 0 radical (unpaired) electrons. The zero-order valence-corrected chi connectivity index (χ0v) is 11.8. The van der Waals surface area contributed by atoms with Crippen molar-refractivity contribution in [3.63, 3.8) is 0 Å². The summed E-state index contributed by atoms with van der Waals surface area (Å²) in [4.78, 5) is 19.8. The number of nitrogens with zero attached hydrogens (tertiary/aromatic N) is 3. The Bertz CT molecular complexity index is 574. The van der Waals surface area contributed by atoms with E-state index >= 15 is 0 Å². The zero-order chi connectivity index (χ0) is 13.2. The lowest BCUT2D eigenvalue weighted by Gasteiger charge is -2.27. The number of fused-ring (bicyclic) bond motifs is 1. The van der Waals surface area contributed by atoms with E-state index in [1.165, 1.54) is 10.6 Å². The Morgan fingerprint density at radius 1 is 1.53 bits per heavy atom. The molecule has 1 aliphatic heterocycles. The lowest BCUT2D eigenvalue weighted by atomic mass is 10.1. The van der Waals surface area contributed by atoms with E-state index in [9.17, 15) is 4.79 Å². The second-order valence-electron chi connectivity index (χ2n) is 4.89. The van der Waals surface area contributed by atoms with Gasteiger partial charge in [-0.2, -0.15) is 0 Å². The number of hydrogen-bond donors (Lipinski definition) is 0. The molecule has 1 amide bonds. The SMILES string of the molecule is Cn1cnc2c1CN(C(=O)CCc1cccs1)CC2. The third-order valence-corrected chi connectivity index (χ3v) is 4.56. The molecule has 0 saturated carbocycles. The van der Waals surface area contributed by atoms with Crippen LogP contribution in [0.4, 0.5) is 0 Å². The van der Waals surface area contributed by atoms with Crippen LogP contribution >= 0.6 is 11.3 Å². The van der Waals surface area contributed by atoms with Crippen LogP contribution in [0.1, 0.15) is 22.7 Å². The quantitative estimate of drug-likeness (QED) is 0.859. The number of thiophene rings is 1. The molecule has 0 spiro atoms. The molecule has 0 atom stereocenters. The first-order chi connectivity index (χ1) is 9.24. The van der Waals surface area contributed by atoms with Gasteiger partial charge < -0.3 is 9.47 Å². The van der Waals surface area contributed by atoms with Gasteiger partial charge >= 0.3 is 0 Å². The summed E-state index contributed by atoms with van der Waals surface area (Å²) in [6, 6.07) is 4.13. The Labute approximate surface area is 116 Å². The van der Waals surface area contributed by atoms with Crippen LogP contribution in [0.5, 0.6) is 0 Å². The van der Waals surface area contributed by atoms with Gasteiger partial charge in [0, 0.05) is 31.3 Å². The number of amides is 1. The summed E-state index contributed by atoms with van der Waals surface area (Å²) in [6.45, 7) is 1.50. The first-order valence-corrected chi connectivity index (χ1v) is 7.41. The van der Waals surface area contributed by atoms with Crippen LogP contribution in [0.3, 0.4) is 0 Å². The molecule has 0 aromatic carbocycles. The second kappa shape index (κ2) is 5.17. The van der Waals surface area contributed by atoms with E-state index < -0.39 is 0 Å². The van der Waals surface area contributed by atoms with E-state index in [-0.39, 0.29) is 5.91 Å². The van der Waals surface area contributed by atoms with Crippen LogP contribution in [0.15, 0.2) is 23.8 Å². The Kier molecular flexibility index (Phi) is 3.38. The average molecular weight is 275 g/mol. The maximum absolute atomic E-state index is 12.2. The van der Waals surface area contributed by atoms with Gasteiger partial charge in [0.2, 0.25) is 5.91 Å². The molecule has 0 bridgehead atoms. The number of hydrogen-bond acceptors (Lipinski definition) is 3. The van der Waals surface area contributed by atoms with E-state index in [2.05, 4.69) is 16.4 Å². The monoisotopic (exact) mass is 275 g/mol. The molecule has 100 valence electrons. The summed E-state index contributed by atoms with van der Waals surface area (Å²) in [5.74, 6) is 0.250. The largest absolute Gasteiger partial charge is 0.336 e. The second-order valence-corrected chi connectivity index (χ2v) is 5.93. The fraction of sp³-hybridized carbons (Fsp3) is 0.429. The molecular weight excluding hydrogens is 258 g/mol. The zero-order valence-electron chi connectivity index (χ0n) is 11.0. The van der Waals surface area contributed by atoms with Gasteiger partial charge in [-0.15, -0.1) is 11.3 Å². The van der Waals surface area contributed by atoms with Crippen LogP contribution in [-0.4, -0.2) is 26.9 Å². The summed E-state index contributed by atoms with van der Waals surface area (Å²) in [7, 11) is 1.99. The fourth-order valence-electron chi connectivity index (χ4n) is 2.47. The fourth-order valence-corrected chi connectivity index (χ4v) is 3.18. The minimum absolute atomic E-state index is 0.250. The van der Waals surface area contributed by atoms with Crippen LogP contribution < -0.4 is 0 Å². The van der Waals surface area contributed by atoms with Gasteiger partial charge in [-0.3, -0.25) is 4.79 Å². The highest BCUT2D eigenvalue weighted by atomic mass is 32.1. The van der Waals surface area contributed by atoms with E-state index in [0.717, 1.165) is 25.1 Å². The third kappa shape index (κ3) is 2.56. The Hall–Kier alpha value is -1.62. The highest BCUT2D eigenvalue weighted by molar-refractivity contribution is 7.09. The lowest BCUT2D eigenvalue weighted by molar-refractivity contribution is -0.132. The average Bonchev–Trinajstić information content (AvgIpc) is 3.06. The molecule has 0 saturated heterocycles. The Morgan fingerprint density at radius 3 is 3.21 bits per heavy atom. The third-order valence-electron chi connectivity index (χ3n) is 3.62. The molecule has 0 unspecified atom stereocenters. The van der Waals surface area contributed by atoms with Gasteiger partial charge in [-0.1, -0.05) is 6.07 Å². The molecule has 0 N–H and O–H groups in total. The van der Waals surface area contributed by atoms with Gasteiger partial charge in [0.05, 0.1) is 24.3 Å². The van der Waals surface area contributed by atoms with E-state index in [0.29, 0.717) is 13.0 Å². The summed E-state index contributed by atoms with van der Waals surface area (Å²) in [6.07, 6.45) is 4.17. The minimum atomic E-state index is 0.250. The van der Waals surface area contributed by atoms with E-state index in [1.54, 1.807) is 11.3 Å².